The molecular formula is C19H22F2N4O3S. The van der Waals surface area contributed by atoms with Crippen molar-refractivity contribution in [2.45, 2.75) is 42.0 Å². The Bertz CT molecular complexity index is 992. The first-order chi connectivity index (χ1) is 13.6. The molecule has 3 rings (SSSR count). The number of carbonyl (C=O) groups excluding carboxylic acids is 1. The van der Waals surface area contributed by atoms with Gasteiger partial charge >= 0.3 is 6.03 Å². The zero-order chi connectivity index (χ0) is 21.3. The van der Waals surface area contributed by atoms with Crippen LogP contribution >= 0.6 is 0 Å². The van der Waals surface area contributed by atoms with E-state index in [0.29, 0.717) is 5.69 Å². The summed E-state index contributed by atoms with van der Waals surface area (Å²) in [5.41, 5.74) is -1.62. The number of rotatable bonds is 4. The Hall–Kier alpha value is -2.62. The van der Waals surface area contributed by atoms with Crippen LogP contribution in [0.1, 0.15) is 26.7 Å². The highest BCUT2D eigenvalue weighted by Crippen LogP contribution is 2.44. The van der Waals surface area contributed by atoms with E-state index in [1.54, 1.807) is 6.07 Å². The van der Waals surface area contributed by atoms with Gasteiger partial charge in [-0.15, -0.1) is 0 Å². The van der Waals surface area contributed by atoms with Gasteiger partial charge in [0.2, 0.25) is 0 Å². The molecular weight excluding hydrogens is 402 g/mol. The minimum absolute atomic E-state index is 0.0446. The van der Waals surface area contributed by atoms with E-state index >= 15 is 4.39 Å². The number of piperidine rings is 1. The van der Waals surface area contributed by atoms with Gasteiger partial charge in [0.25, 0.3) is 0 Å². The Morgan fingerprint density at radius 2 is 1.90 bits per heavy atom. The van der Waals surface area contributed by atoms with Crippen molar-refractivity contribution in [3.63, 3.8) is 0 Å². The van der Waals surface area contributed by atoms with Crippen LogP contribution in [0.5, 0.6) is 0 Å². The molecule has 10 heteroatoms. The van der Waals surface area contributed by atoms with Crippen LogP contribution in [0, 0.1) is 5.82 Å². The summed E-state index contributed by atoms with van der Waals surface area (Å²) >= 11 is 0. The Balaban J connectivity index is 1.74. The van der Waals surface area contributed by atoms with Crippen molar-refractivity contribution in [3.05, 3.63) is 48.5 Å². The fourth-order valence-electron chi connectivity index (χ4n) is 3.40. The first-order valence-electron chi connectivity index (χ1n) is 9.09. The molecule has 1 aliphatic heterocycles. The molecule has 2 aromatic rings. The summed E-state index contributed by atoms with van der Waals surface area (Å²) in [6.07, 6.45) is 2.50. The predicted octanol–water partition coefficient (Wildman–Crippen LogP) is 3.20. The molecule has 1 aliphatic rings. The van der Waals surface area contributed by atoms with Gasteiger partial charge in [0.15, 0.2) is 9.84 Å². The average Bonchev–Trinajstić information content (AvgIpc) is 2.69. The van der Waals surface area contributed by atoms with Crippen molar-refractivity contribution in [3.8, 4) is 0 Å². The molecule has 0 saturated carbocycles. The van der Waals surface area contributed by atoms with Crippen LogP contribution in [0.4, 0.5) is 19.3 Å². The number of likely N-dealkylation sites (tertiary alicyclic amines) is 1. The number of hydrogen-bond donors (Lipinski definition) is 1. The number of amides is 2. The van der Waals surface area contributed by atoms with Crippen molar-refractivity contribution in [2.24, 2.45) is 0 Å². The lowest BCUT2D eigenvalue weighted by atomic mass is 9.82. The number of benzene rings is 1. The number of alkyl halides is 1. The lowest BCUT2D eigenvalue weighted by molar-refractivity contribution is 0.0440. The highest BCUT2D eigenvalue weighted by molar-refractivity contribution is 7.92. The minimum Gasteiger partial charge on any atom is -0.324 e. The maximum atomic E-state index is 15.8. The van der Waals surface area contributed by atoms with E-state index in [1.807, 2.05) is 0 Å². The first-order valence-corrected chi connectivity index (χ1v) is 10.6. The molecule has 0 atom stereocenters. The third-order valence-corrected chi connectivity index (χ3v) is 8.12. The van der Waals surface area contributed by atoms with E-state index in [0.717, 1.165) is 12.1 Å². The number of nitrogens with one attached hydrogen (secondary N) is 1. The summed E-state index contributed by atoms with van der Waals surface area (Å²) < 4.78 is 53.7. The third-order valence-electron chi connectivity index (χ3n) is 5.54. The molecule has 7 nitrogen and oxygen atoms in total. The van der Waals surface area contributed by atoms with Crippen molar-refractivity contribution in [2.75, 3.05) is 18.4 Å². The van der Waals surface area contributed by atoms with Crippen LogP contribution in [-0.4, -0.2) is 53.1 Å². The average molecular weight is 424 g/mol. The molecule has 2 amide bonds. The molecule has 0 aliphatic carbocycles. The molecule has 2 heterocycles. The maximum absolute atomic E-state index is 15.8. The second-order valence-electron chi connectivity index (χ2n) is 7.48. The summed E-state index contributed by atoms with van der Waals surface area (Å²) in [5.74, 6) is -0.702. The number of anilines is 1. The number of nitrogens with zero attached hydrogens (tertiary/aromatic N) is 3. The van der Waals surface area contributed by atoms with E-state index in [1.165, 1.54) is 43.3 Å². The summed E-state index contributed by atoms with van der Waals surface area (Å²) in [7, 11) is -4.15. The lowest BCUT2D eigenvalue weighted by Gasteiger charge is -2.45. The fraction of sp³-hybridized carbons (Fsp3) is 0.421. The fourth-order valence-corrected chi connectivity index (χ4v) is 5.20. The molecule has 1 saturated heterocycles. The number of aromatic nitrogens is 2. The minimum atomic E-state index is -4.15. The molecule has 0 bridgehead atoms. The normalized spacial score (nSPS) is 17.0. The van der Waals surface area contributed by atoms with Crippen molar-refractivity contribution >= 4 is 21.6 Å². The Morgan fingerprint density at radius 3 is 2.48 bits per heavy atom. The zero-order valence-corrected chi connectivity index (χ0v) is 16.9. The molecule has 1 aromatic heterocycles. The van der Waals surface area contributed by atoms with Gasteiger partial charge in [0.05, 0.1) is 23.0 Å². The van der Waals surface area contributed by atoms with E-state index < -0.39 is 32.1 Å². The van der Waals surface area contributed by atoms with Gasteiger partial charge in [0, 0.05) is 25.9 Å². The number of carbonyl (C=O) groups is 1. The quantitative estimate of drug-likeness (QED) is 0.814. The van der Waals surface area contributed by atoms with Crippen LogP contribution < -0.4 is 5.32 Å². The molecule has 1 N–H and O–H groups in total. The van der Waals surface area contributed by atoms with Gasteiger partial charge in [-0.1, -0.05) is 6.07 Å². The maximum Gasteiger partial charge on any atom is 0.321 e. The number of sulfone groups is 1. The Kier molecular flexibility index (Phi) is 5.57. The predicted molar refractivity (Wildman–Crippen MR) is 103 cm³/mol. The zero-order valence-electron chi connectivity index (χ0n) is 16.1. The number of urea groups is 1. The van der Waals surface area contributed by atoms with Crippen molar-refractivity contribution in [1.82, 2.24) is 15.1 Å². The lowest BCUT2D eigenvalue weighted by Crippen LogP contribution is -2.58. The topological polar surface area (TPSA) is 92.3 Å². The standard InChI is InChI=1S/C19H22F2N4O3S/c1-18(2,29(27,28)16-5-3-4-14(20)12-16)19(21)7-10-25(11-8-19)17(26)24-15-6-9-22-23-13-15/h3-6,9,12-13H,7-8,10-11H2,1-2H3,(H,22,24,26). The van der Waals surface area contributed by atoms with Crippen LogP contribution in [0.15, 0.2) is 47.6 Å². The number of hydrogen-bond acceptors (Lipinski definition) is 5. The molecule has 0 radical (unpaired) electrons. The molecule has 0 unspecified atom stereocenters. The molecule has 1 aromatic carbocycles. The largest absolute Gasteiger partial charge is 0.324 e. The summed E-state index contributed by atoms with van der Waals surface area (Å²) in [6.45, 7) is 2.71. The molecule has 29 heavy (non-hydrogen) atoms. The molecule has 0 spiro atoms. The van der Waals surface area contributed by atoms with Crippen LogP contribution in [0.25, 0.3) is 0 Å². The van der Waals surface area contributed by atoms with E-state index in [-0.39, 0.29) is 30.8 Å². The van der Waals surface area contributed by atoms with Crippen molar-refractivity contribution in [1.29, 1.82) is 0 Å². The van der Waals surface area contributed by atoms with Gasteiger partial charge in [-0.3, -0.25) is 0 Å². The Labute approximate surface area is 168 Å². The van der Waals surface area contributed by atoms with Gasteiger partial charge in [-0.2, -0.15) is 10.2 Å². The van der Waals surface area contributed by atoms with E-state index in [4.69, 9.17) is 0 Å². The third kappa shape index (κ3) is 3.93. The summed E-state index contributed by atoms with van der Waals surface area (Å²) in [4.78, 5) is 13.5. The van der Waals surface area contributed by atoms with Crippen LogP contribution in [0.2, 0.25) is 0 Å². The number of halogens is 2. The second kappa shape index (κ2) is 7.66. The monoisotopic (exact) mass is 424 g/mol. The summed E-state index contributed by atoms with van der Waals surface area (Å²) in [6, 6.07) is 5.71. The Morgan fingerprint density at radius 1 is 1.21 bits per heavy atom. The highest BCUT2D eigenvalue weighted by atomic mass is 32.2. The van der Waals surface area contributed by atoms with Crippen LogP contribution in [0.3, 0.4) is 0 Å². The van der Waals surface area contributed by atoms with Gasteiger partial charge < -0.3 is 10.2 Å². The van der Waals surface area contributed by atoms with E-state index in [9.17, 15) is 17.6 Å². The van der Waals surface area contributed by atoms with Crippen molar-refractivity contribution < 1.29 is 22.0 Å². The van der Waals surface area contributed by atoms with Gasteiger partial charge in [-0.25, -0.2) is 22.0 Å². The molecule has 1 fully saturated rings. The first kappa shape index (κ1) is 21.1. The smallest absolute Gasteiger partial charge is 0.321 e. The summed E-state index contributed by atoms with van der Waals surface area (Å²) in [5, 5.41) is 9.93. The highest BCUT2D eigenvalue weighted by Gasteiger charge is 2.56. The second-order valence-corrected chi connectivity index (χ2v) is 9.98. The van der Waals surface area contributed by atoms with E-state index in [2.05, 4.69) is 15.5 Å². The molecule has 156 valence electrons. The SMILES string of the molecule is CC(C)(C1(F)CCN(C(=O)Nc2ccnnc2)CC1)S(=O)(=O)c1cccc(F)c1. The van der Waals surface area contributed by atoms with Gasteiger partial charge in [0.1, 0.15) is 16.2 Å². The van der Waals surface area contributed by atoms with Gasteiger partial charge in [-0.05, 0) is 38.1 Å². The van der Waals surface area contributed by atoms with Crippen LogP contribution in [-0.2, 0) is 9.84 Å².